The summed E-state index contributed by atoms with van der Waals surface area (Å²) in [4.78, 5) is 10.8. The molecule has 1 saturated heterocycles. The number of benzene rings is 1. The zero-order valence-electron chi connectivity index (χ0n) is 9.39. The molecule has 0 aliphatic carbocycles. The maximum atomic E-state index is 11.3. The van der Waals surface area contributed by atoms with Gasteiger partial charge in [0.1, 0.15) is 0 Å². The smallest absolute Gasteiger partial charge is 0.337 e. The van der Waals surface area contributed by atoms with Crippen LogP contribution >= 0.6 is 11.6 Å². The Morgan fingerprint density at radius 3 is 2.67 bits per heavy atom. The van der Waals surface area contributed by atoms with E-state index in [4.69, 9.17) is 16.7 Å². The van der Waals surface area contributed by atoms with Gasteiger partial charge in [-0.25, -0.2) is 13.2 Å². The van der Waals surface area contributed by atoms with E-state index >= 15 is 0 Å². The lowest BCUT2D eigenvalue weighted by Crippen LogP contribution is -2.20. The first-order chi connectivity index (χ1) is 8.37. The highest BCUT2D eigenvalue weighted by atomic mass is 35.5. The summed E-state index contributed by atoms with van der Waals surface area (Å²) in [7, 11) is -2.94. The first kappa shape index (κ1) is 13.2. The van der Waals surface area contributed by atoms with Gasteiger partial charge in [-0.3, -0.25) is 0 Å². The fourth-order valence-electron chi connectivity index (χ4n) is 1.92. The number of carboxylic acids is 1. The second-order valence-electron chi connectivity index (χ2n) is 4.24. The molecule has 0 saturated carbocycles. The molecule has 1 atom stereocenters. The molecular weight excluding hydrogens is 278 g/mol. The average molecular weight is 290 g/mol. The standard InChI is InChI=1S/C11H12ClNO4S/c12-10-5-7(1-2-9(10)11(14)15)13-8-3-4-18(16,17)6-8/h1-2,5,8,13H,3-4,6H2,(H,14,15). The Hall–Kier alpha value is -1.27. The van der Waals surface area contributed by atoms with Gasteiger partial charge in [-0.1, -0.05) is 11.6 Å². The van der Waals surface area contributed by atoms with Crippen molar-refractivity contribution in [3.8, 4) is 0 Å². The Morgan fingerprint density at radius 2 is 2.17 bits per heavy atom. The third kappa shape index (κ3) is 2.94. The number of rotatable bonds is 3. The minimum absolute atomic E-state index is 0.0289. The molecule has 1 aliphatic heterocycles. The maximum absolute atomic E-state index is 11.3. The minimum atomic E-state index is -2.94. The molecule has 18 heavy (non-hydrogen) atoms. The van der Waals surface area contributed by atoms with Gasteiger partial charge in [-0.05, 0) is 24.6 Å². The fourth-order valence-corrected chi connectivity index (χ4v) is 3.86. The number of carbonyl (C=O) groups is 1. The van der Waals surface area contributed by atoms with Crippen LogP contribution in [0.25, 0.3) is 0 Å². The van der Waals surface area contributed by atoms with Crippen LogP contribution in [0.1, 0.15) is 16.8 Å². The zero-order chi connectivity index (χ0) is 13.3. The van der Waals surface area contributed by atoms with Gasteiger partial charge in [-0.2, -0.15) is 0 Å². The lowest BCUT2D eigenvalue weighted by atomic mass is 10.2. The maximum Gasteiger partial charge on any atom is 0.337 e. The lowest BCUT2D eigenvalue weighted by Gasteiger charge is -2.13. The van der Waals surface area contributed by atoms with Crippen LogP contribution in [0.2, 0.25) is 5.02 Å². The van der Waals surface area contributed by atoms with Crippen molar-refractivity contribution in [1.29, 1.82) is 0 Å². The molecule has 1 unspecified atom stereocenters. The van der Waals surface area contributed by atoms with Crippen molar-refractivity contribution in [3.63, 3.8) is 0 Å². The summed E-state index contributed by atoms with van der Waals surface area (Å²) in [5.74, 6) is -0.799. The van der Waals surface area contributed by atoms with E-state index in [9.17, 15) is 13.2 Å². The van der Waals surface area contributed by atoms with Gasteiger partial charge < -0.3 is 10.4 Å². The van der Waals surface area contributed by atoms with Gasteiger partial charge >= 0.3 is 5.97 Å². The summed E-state index contributed by atoms with van der Waals surface area (Å²) < 4.78 is 22.6. The van der Waals surface area contributed by atoms with Crippen LogP contribution in [0.5, 0.6) is 0 Å². The summed E-state index contributed by atoms with van der Waals surface area (Å²) in [5.41, 5.74) is 0.661. The molecule has 0 aromatic heterocycles. The summed E-state index contributed by atoms with van der Waals surface area (Å²) in [6.45, 7) is 0. The average Bonchev–Trinajstić information content (AvgIpc) is 2.57. The molecule has 7 heteroatoms. The number of anilines is 1. The number of sulfone groups is 1. The van der Waals surface area contributed by atoms with Crippen molar-refractivity contribution in [2.75, 3.05) is 16.8 Å². The Labute approximate surface area is 110 Å². The summed E-state index contributed by atoms with van der Waals surface area (Å²) >= 11 is 5.83. The SMILES string of the molecule is O=C(O)c1ccc(NC2CCS(=O)(=O)C2)cc1Cl. The van der Waals surface area contributed by atoms with Gasteiger partial charge in [-0.15, -0.1) is 0 Å². The molecule has 0 radical (unpaired) electrons. The Bertz CT molecular complexity index is 585. The third-order valence-electron chi connectivity index (χ3n) is 2.80. The molecular formula is C11H12ClNO4S. The summed E-state index contributed by atoms with van der Waals surface area (Å²) in [6, 6.07) is 4.34. The van der Waals surface area contributed by atoms with E-state index in [1.165, 1.54) is 12.1 Å². The lowest BCUT2D eigenvalue weighted by molar-refractivity contribution is 0.0697. The Kier molecular flexibility index (Phi) is 3.49. The van der Waals surface area contributed by atoms with Crippen molar-refractivity contribution in [1.82, 2.24) is 0 Å². The first-order valence-corrected chi connectivity index (χ1v) is 7.57. The second-order valence-corrected chi connectivity index (χ2v) is 6.88. The van der Waals surface area contributed by atoms with Crippen molar-refractivity contribution in [2.45, 2.75) is 12.5 Å². The van der Waals surface area contributed by atoms with Crippen molar-refractivity contribution >= 4 is 33.1 Å². The fraction of sp³-hybridized carbons (Fsp3) is 0.364. The predicted octanol–water partition coefficient (Wildman–Crippen LogP) is 1.64. The number of hydrogen-bond donors (Lipinski definition) is 2. The molecule has 1 aromatic rings. The van der Waals surface area contributed by atoms with E-state index in [1.54, 1.807) is 6.07 Å². The van der Waals surface area contributed by atoms with Crippen molar-refractivity contribution in [3.05, 3.63) is 28.8 Å². The molecule has 5 nitrogen and oxygen atoms in total. The van der Waals surface area contributed by atoms with Crippen LogP contribution in [-0.4, -0.2) is 37.0 Å². The van der Waals surface area contributed by atoms with Crippen molar-refractivity contribution in [2.24, 2.45) is 0 Å². The van der Waals surface area contributed by atoms with E-state index in [1.807, 2.05) is 0 Å². The van der Waals surface area contributed by atoms with E-state index < -0.39 is 15.8 Å². The minimum Gasteiger partial charge on any atom is -0.478 e. The van der Waals surface area contributed by atoms with Crippen LogP contribution in [0, 0.1) is 0 Å². The molecule has 1 heterocycles. The van der Waals surface area contributed by atoms with Gasteiger partial charge in [0.05, 0.1) is 22.1 Å². The monoisotopic (exact) mass is 289 g/mol. The van der Waals surface area contributed by atoms with E-state index in [0.29, 0.717) is 12.1 Å². The molecule has 1 aromatic carbocycles. The molecule has 2 rings (SSSR count). The van der Waals surface area contributed by atoms with Gasteiger partial charge in [0.15, 0.2) is 9.84 Å². The topological polar surface area (TPSA) is 83.5 Å². The largest absolute Gasteiger partial charge is 0.478 e. The van der Waals surface area contributed by atoms with E-state index in [0.717, 1.165) is 0 Å². The Balaban J connectivity index is 2.12. The van der Waals surface area contributed by atoms with Crippen LogP contribution in [0.3, 0.4) is 0 Å². The number of hydrogen-bond acceptors (Lipinski definition) is 4. The number of nitrogens with one attached hydrogen (secondary N) is 1. The number of carboxylic acid groups (broad SMARTS) is 1. The normalized spacial score (nSPS) is 21.7. The number of aromatic carboxylic acids is 1. The quantitative estimate of drug-likeness (QED) is 0.884. The van der Waals surface area contributed by atoms with Gasteiger partial charge in [0, 0.05) is 11.7 Å². The third-order valence-corrected chi connectivity index (χ3v) is 4.88. The van der Waals surface area contributed by atoms with Crippen LogP contribution in [0.15, 0.2) is 18.2 Å². The first-order valence-electron chi connectivity index (χ1n) is 5.37. The predicted molar refractivity (Wildman–Crippen MR) is 69.1 cm³/mol. The van der Waals surface area contributed by atoms with Crippen LogP contribution in [0.4, 0.5) is 5.69 Å². The van der Waals surface area contributed by atoms with Crippen molar-refractivity contribution < 1.29 is 18.3 Å². The molecule has 0 amide bonds. The molecule has 98 valence electrons. The van der Waals surface area contributed by atoms with E-state index in [2.05, 4.69) is 5.32 Å². The molecule has 2 N–H and O–H groups in total. The summed E-state index contributed by atoms with van der Waals surface area (Å²) in [6.07, 6.45) is 0.556. The summed E-state index contributed by atoms with van der Waals surface area (Å²) in [5, 5.41) is 12.0. The molecule has 1 fully saturated rings. The van der Waals surface area contributed by atoms with Crippen LogP contribution in [-0.2, 0) is 9.84 Å². The molecule has 1 aliphatic rings. The number of halogens is 1. The van der Waals surface area contributed by atoms with Gasteiger partial charge in [0.25, 0.3) is 0 Å². The highest BCUT2D eigenvalue weighted by Gasteiger charge is 2.27. The molecule has 0 bridgehead atoms. The van der Waals surface area contributed by atoms with Crippen LogP contribution < -0.4 is 5.32 Å². The second kappa shape index (κ2) is 4.78. The van der Waals surface area contributed by atoms with E-state index in [-0.39, 0.29) is 28.1 Å². The van der Waals surface area contributed by atoms with Gasteiger partial charge in [0.2, 0.25) is 0 Å². The Morgan fingerprint density at radius 1 is 1.44 bits per heavy atom. The zero-order valence-corrected chi connectivity index (χ0v) is 11.0. The highest BCUT2D eigenvalue weighted by Crippen LogP contribution is 2.23. The molecule has 0 spiro atoms. The highest BCUT2D eigenvalue weighted by molar-refractivity contribution is 7.91.